The zero-order valence-electron chi connectivity index (χ0n) is 58.9. The van der Waals surface area contributed by atoms with Crippen molar-refractivity contribution >= 4 is 17.9 Å². The van der Waals surface area contributed by atoms with Crippen molar-refractivity contribution in [3.8, 4) is 0 Å². The predicted octanol–water partition coefficient (Wildman–Crippen LogP) is 22.5. The number of carboxylic acids is 1. The Balaban J connectivity index is 4.02. The third-order valence-corrected chi connectivity index (χ3v) is 17.0. The molecule has 0 aromatic heterocycles. The van der Waals surface area contributed by atoms with Gasteiger partial charge in [-0.3, -0.25) is 9.59 Å². The number of hydrogen-bond acceptors (Lipinski definition) is 8. The van der Waals surface area contributed by atoms with Crippen LogP contribution in [0.2, 0.25) is 0 Å². The van der Waals surface area contributed by atoms with Gasteiger partial charge in [0, 0.05) is 12.8 Å². The van der Waals surface area contributed by atoms with Gasteiger partial charge < -0.3 is 33.3 Å². The molecular weight excluding hydrogens is 1090 g/mol. The van der Waals surface area contributed by atoms with E-state index in [1.807, 2.05) is 21.1 Å². The van der Waals surface area contributed by atoms with Gasteiger partial charge in [-0.1, -0.05) is 357 Å². The number of carbonyl (C=O) groups excluding carboxylic acids is 3. The summed E-state index contributed by atoms with van der Waals surface area (Å²) in [6.07, 6.45) is 89.0. The first-order chi connectivity index (χ1) is 43.1. The first-order valence-electron chi connectivity index (χ1n) is 37.9. The smallest absolute Gasteiger partial charge is 0.306 e. The molecule has 2 atom stereocenters. The fourth-order valence-corrected chi connectivity index (χ4v) is 11.3. The summed E-state index contributed by atoms with van der Waals surface area (Å²) in [5.41, 5.74) is 0. The second kappa shape index (κ2) is 69.9. The van der Waals surface area contributed by atoms with E-state index in [4.69, 9.17) is 18.9 Å². The van der Waals surface area contributed by atoms with Gasteiger partial charge in [-0.25, -0.2) is 0 Å². The molecule has 0 aliphatic heterocycles. The number of unbranched alkanes of at least 4 members (excludes halogenated alkanes) is 46. The Labute approximate surface area is 545 Å². The molecule has 0 spiro atoms. The van der Waals surface area contributed by atoms with Crippen molar-refractivity contribution in [2.45, 2.75) is 379 Å². The van der Waals surface area contributed by atoms with Crippen molar-refractivity contribution in [2.24, 2.45) is 0 Å². The maximum Gasteiger partial charge on any atom is 0.306 e. The van der Waals surface area contributed by atoms with Crippen LogP contribution in [0.4, 0.5) is 0 Å². The summed E-state index contributed by atoms with van der Waals surface area (Å²) in [5.74, 6) is -2.26. The monoisotopic (exact) mass is 1240 g/mol. The van der Waals surface area contributed by atoms with E-state index in [0.29, 0.717) is 23.9 Å². The Hall–Kier alpha value is -3.01. The molecule has 9 nitrogen and oxygen atoms in total. The molecule has 0 aromatic rings. The standard InChI is InChI=1S/C79H145NO8/c1-6-8-10-12-14-16-18-20-22-24-26-28-30-32-34-36-38-39-40-42-44-46-48-50-52-54-56-58-60-62-64-66-68-70-77(82)88-75(74-87-79(78(83)84)85-72-71-80(3,4)5)73-86-76(81)69-67-65-63-61-59-57-55-53-51-49-47-45-43-41-37-35-33-31-29-27-25-23-21-19-17-15-13-11-9-7-2/h8,10,14,16,20,22,26,28,32,34,75,79H,6-7,9,11-13,15,17-19,21,23-25,27,29-31,33,35-74H2,1-5H3/b10-8-,16-14-,22-20-,28-26-,34-32-. The zero-order chi connectivity index (χ0) is 64.0. The van der Waals surface area contributed by atoms with Crippen molar-refractivity contribution in [3.05, 3.63) is 60.8 Å². The number of quaternary nitrogens is 1. The largest absolute Gasteiger partial charge is 0.545 e. The SMILES string of the molecule is CC/C=C\C/C=C\C/C=C\C/C=C\C/C=C\CCCCCCCCCCCCCCCCCCCC(=O)OC(COC(=O)CCCCCCCCCCCCCCCCCCCCCCCCCCCCCCCC)COC(OCC[N+](C)(C)C)C(=O)[O-]. The highest BCUT2D eigenvalue weighted by Crippen LogP contribution is 2.19. The number of allylic oxidation sites excluding steroid dienone is 10. The van der Waals surface area contributed by atoms with Crippen molar-refractivity contribution in [1.29, 1.82) is 0 Å². The van der Waals surface area contributed by atoms with Crippen LogP contribution in [-0.4, -0.2) is 82.3 Å². The number of aliphatic carboxylic acids is 1. The highest BCUT2D eigenvalue weighted by atomic mass is 16.7. The number of carbonyl (C=O) groups is 3. The zero-order valence-corrected chi connectivity index (χ0v) is 58.9. The Morgan fingerprint density at radius 1 is 0.352 bits per heavy atom. The van der Waals surface area contributed by atoms with Gasteiger partial charge in [0.1, 0.15) is 13.2 Å². The van der Waals surface area contributed by atoms with Crippen LogP contribution in [0.1, 0.15) is 367 Å². The molecule has 0 saturated carbocycles. The molecule has 0 rings (SSSR count). The number of likely N-dealkylation sites (N-methyl/N-ethyl adjacent to an activating group) is 1. The van der Waals surface area contributed by atoms with Gasteiger partial charge in [0.25, 0.3) is 0 Å². The van der Waals surface area contributed by atoms with Crippen LogP contribution in [0.15, 0.2) is 60.8 Å². The van der Waals surface area contributed by atoms with Gasteiger partial charge in [-0.2, -0.15) is 0 Å². The number of carboxylic acid groups (broad SMARTS) is 1. The van der Waals surface area contributed by atoms with Gasteiger partial charge in [0.05, 0.1) is 40.3 Å². The minimum absolute atomic E-state index is 0.149. The average molecular weight is 1240 g/mol. The van der Waals surface area contributed by atoms with Crippen molar-refractivity contribution < 1.29 is 42.9 Å². The summed E-state index contributed by atoms with van der Waals surface area (Å²) in [4.78, 5) is 37.6. The van der Waals surface area contributed by atoms with Crippen LogP contribution < -0.4 is 5.11 Å². The molecule has 0 saturated heterocycles. The molecule has 2 unspecified atom stereocenters. The quantitative estimate of drug-likeness (QED) is 0.0195. The summed E-state index contributed by atoms with van der Waals surface area (Å²) in [7, 11) is 5.95. The van der Waals surface area contributed by atoms with E-state index >= 15 is 0 Å². The molecule has 0 heterocycles. The van der Waals surface area contributed by atoms with E-state index in [2.05, 4.69) is 74.6 Å². The highest BCUT2D eigenvalue weighted by molar-refractivity contribution is 5.70. The Kier molecular flexibility index (Phi) is 67.5. The van der Waals surface area contributed by atoms with Gasteiger partial charge in [0.15, 0.2) is 12.4 Å². The average Bonchev–Trinajstić information content (AvgIpc) is 3.62. The predicted molar refractivity (Wildman–Crippen MR) is 375 cm³/mol. The lowest BCUT2D eigenvalue weighted by Gasteiger charge is -2.26. The lowest BCUT2D eigenvalue weighted by molar-refractivity contribution is -0.870. The van der Waals surface area contributed by atoms with Crippen LogP contribution >= 0.6 is 0 Å². The van der Waals surface area contributed by atoms with Crippen molar-refractivity contribution in [1.82, 2.24) is 0 Å². The molecule has 0 aliphatic rings. The summed E-state index contributed by atoms with van der Waals surface area (Å²) in [6, 6.07) is 0. The molecule has 0 bridgehead atoms. The number of hydrogen-bond donors (Lipinski definition) is 0. The number of nitrogens with zero attached hydrogens (tertiary/aromatic N) is 1. The summed E-state index contributed by atoms with van der Waals surface area (Å²) >= 11 is 0. The maximum atomic E-state index is 13.0. The first-order valence-corrected chi connectivity index (χ1v) is 37.9. The van der Waals surface area contributed by atoms with Gasteiger partial charge in [0.2, 0.25) is 0 Å². The van der Waals surface area contributed by atoms with E-state index in [1.165, 1.54) is 270 Å². The van der Waals surface area contributed by atoms with Crippen LogP contribution in [0.5, 0.6) is 0 Å². The molecule has 0 aromatic carbocycles. The minimum atomic E-state index is -1.62. The molecule has 88 heavy (non-hydrogen) atoms. The summed E-state index contributed by atoms with van der Waals surface area (Å²) in [6.45, 7) is 4.70. The van der Waals surface area contributed by atoms with E-state index in [-0.39, 0.29) is 32.2 Å². The van der Waals surface area contributed by atoms with Gasteiger partial charge in [-0.05, 0) is 57.8 Å². The summed E-state index contributed by atoms with van der Waals surface area (Å²) in [5, 5.41) is 11.8. The first kappa shape index (κ1) is 85.0. The van der Waals surface area contributed by atoms with E-state index in [1.54, 1.807) is 0 Å². The molecule has 0 aliphatic carbocycles. The van der Waals surface area contributed by atoms with Crippen LogP contribution in [0.25, 0.3) is 0 Å². The normalized spacial score (nSPS) is 13.0. The van der Waals surface area contributed by atoms with Crippen LogP contribution in [0, 0.1) is 0 Å². The fourth-order valence-electron chi connectivity index (χ4n) is 11.3. The second-order valence-corrected chi connectivity index (χ2v) is 26.9. The Bertz CT molecular complexity index is 1630. The number of rotatable bonds is 71. The molecule has 514 valence electrons. The summed E-state index contributed by atoms with van der Waals surface area (Å²) < 4.78 is 22.9. The Morgan fingerprint density at radius 2 is 0.648 bits per heavy atom. The van der Waals surface area contributed by atoms with E-state index < -0.39 is 24.3 Å². The molecule has 0 fully saturated rings. The third kappa shape index (κ3) is 70.4. The topological polar surface area (TPSA) is 111 Å². The van der Waals surface area contributed by atoms with Crippen LogP contribution in [-0.2, 0) is 33.3 Å². The molecule has 0 radical (unpaired) electrons. The van der Waals surface area contributed by atoms with Crippen LogP contribution in [0.3, 0.4) is 0 Å². The van der Waals surface area contributed by atoms with E-state index in [9.17, 15) is 19.5 Å². The lowest BCUT2D eigenvalue weighted by Crippen LogP contribution is -2.44. The Morgan fingerprint density at radius 3 is 0.966 bits per heavy atom. The number of ether oxygens (including phenoxy) is 4. The minimum Gasteiger partial charge on any atom is -0.545 e. The molecular formula is C79H145NO8. The van der Waals surface area contributed by atoms with Crippen molar-refractivity contribution in [3.63, 3.8) is 0 Å². The van der Waals surface area contributed by atoms with Gasteiger partial charge in [-0.15, -0.1) is 0 Å². The third-order valence-electron chi connectivity index (χ3n) is 17.0. The van der Waals surface area contributed by atoms with E-state index in [0.717, 1.165) is 64.2 Å². The van der Waals surface area contributed by atoms with Crippen molar-refractivity contribution in [2.75, 3.05) is 47.5 Å². The lowest BCUT2D eigenvalue weighted by atomic mass is 10.0. The molecule has 9 heteroatoms. The molecule has 0 amide bonds. The second-order valence-electron chi connectivity index (χ2n) is 26.9. The fraction of sp³-hybridized carbons (Fsp3) is 0.835. The molecule has 0 N–H and O–H groups in total. The highest BCUT2D eigenvalue weighted by Gasteiger charge is 2.22. The number of esters is 2. The van der Waals surface area contributed by atoms with Gasteiger partial charge >= 0.3 is 11.9 Å². The maximum absolute atomic E-state index is 13.0.